The summed E-state index contributed by atoms with van der Waals surface area (Å²) in [6.07, 6.45) is 17.2. The van der Waals surface area contributed by atoms with E-state index in [0.717, 1.165) is 43.9 Å². The second kappa shape index (κ2) is 17.6. The van der Waals surface area contributed by atoms with Crippen molar-refractivity contribution in [2.24, 2.45) is 74.9 Å². The molecule has 0 aliphatic heterocycles. The normalized spacial score (nSPS) is 32.1. The Bertz CT molecular complexity index is 1020. The Hall–Kier alpha value is -1.06. The molecule has 3 aliphatic carbocycles. The van der Waals surface area contributed by atoms with Crippen LogP contribution in [0.15, 0.2) is 0 Å². The van der Waals surface area contributed by atoms with Crippen molar-refractivity contribution in [3.63, 3.8) is 0 Å². The number of hydrogen-bond donors (Lipinski definition) is 0. The number of carbonyl (C=O) groups excluding carboxylic acids is 2. The number of esters is 2. The van der Waals surface area contributed by atoms with Gasteiger partial charge in [0.15, 0.2) is 0 Å². The molecule has 0 radical (unpaired) electrons. The molecule has 3 rings (SSSR count). The Balaban J connectivity index is 1.62. The Labute approximate surface area is 304 Å². The lowest BCUT2D eigenvalue weighted by Crippen LogP contribution is -2.41. The van der Waals surface area contributed by atoms with E-state index in [0.29, 0.717) is 58.5 Å². The van der Waals surface area contributed by atoms with Crippen molar-refractivity contribution in [2.75, 3.05) is 13.2 Å². The fourth-order valence-electron chi connectivity index (χ4n) is 9.82. The standard InChI is InChI=1S/C45H82O4/c1-31-17-14-20-38(40(46)48-29-34-21-23-36(44(8,9)10)27-32(34)18-15-25-42(2,3)4)39(31)41(47)49-30-35-22-24-37(45(11,12)13)28-33(35)19-16-26-43(5,6)7/h31-39H,14-30H2,1-13H3. The van der Waals surface area contributed by atoms with Gasteiger partial charge in [0.2, 0.25) is 0 Å². The van der Waals surface area contributed by atoms with Gasteiger partial charge in [0, 0.05) is 0 Å². The first-order chi connectivity index (χ1) is 22.5. The molecule has 0 heterocycles. The summed E-state index contributed by atoms with van der Waals surface area (Å²) < 4.78 is 12.5. The number of rotatable bonds is 12. The highest BCUT2D eigenvalue weighted by Crippen LogP contribution is 2.47. The van der Waals surface area contributed by atoms with Gasteiger partial charge in [-0.15, -0.1) is 0 Å². The zero-order valence-electron chi connectivity index (χ0n) is 34.8. The molecule has 49 heavy (non-hydrogen) atoms. The van der Waals surface area contributed by atoms with Crippen LogP contribution in [0.4, 0.5) is 0 Å². The third-order valence-corrected chi connectivity index (χ3v) is 13.4. The van der Waals surface area contributed by atoms with Gasteiger partial charge in [0.05, 0.1) is 25.0 Å². The molecule has 3 saturated carbocycles. The fourth-order valence-corrected chi connectivity index (χ4v) is 9.82. The molecule has 0 saturated heterocycles. The van der Waals surface area contributed by atoms with E-state index in [1.165, 1.54) is 64.2 Å². The monoisotopic (exact) mass is 687 g/mol. The van der Waals surface area contributed by atoms with E-state index in [4.69, 9.17) is 9.47 Å². The van der Waals surface area contributed by atoms with Gasteiger partial charge in [-0.3, -0.25) is 9.59 Å². The maximum atomic E-state index is 13.9. The second-order valence-electron chi connectivity index (χ2n) is 22.0. The largest absolute Gasteiger partial charge is 0.465 e. The Morgan fingerprint density at radius 2 is 0.980 bits per heavy atom. The van der Waals surface area contributed by atoms with Crippen LogP contribution in [0.5, 0.6) is 0 Å². The lowest BCUT2D eigenvalue weighted by atomic mass is 9.64. The molecule has 9 unspecified atom stereocenters. The van der Waals surface area contributed by atoms with Crippen molar-refractivity contribution in [3.05, 3.63) is 0 Å². The molecule has 0 spiro atoms. The second-order valence-corrected chi connectivity index (χ2v) is 22.0. The van der Waals surface area contributed by atoms with Gasteiger partial charge < -0.3 is 9.47 Å². The molecule has 0 N–H and O–H groups in total. The SMILES string of the molecule is CC1CCCC(C(=O)OCC2CCC(C(C)(C)C)CC2CCCC(C)(C)C)C1C(=O)OCC1CCC(C(C)(C)C)CC1CCCC(C)(C)C. The summed E-state index contributed by atoms with van der Waals surface area (Å²) in [7, 11) is 0. The van der Waals surface area contributed by atoms with Crippen LogP contribution in [0.1, 0.15) is 186 Å². The van der Waals surface area contributed by atoms with Crippen molar-refractivity contribution in [3.8, 4) is 0 Å². The van der Waals surface area contributed by atoms with Gasteiger partial charge >= 0.3 is 11.9 Å². The van der Waals surface area contributed by atoms with Crippen molar-refractivity contribution < 1.29 is 19.1 Å². The molecule has 9 atom stereocenters. The van der Waals surface area contributed by atoms with Crippen LogP contribution in [-0.2, 0) is 19.1 Å². The molecule has 0 aromatic carbocycles. The molecule has 3 fully saturated rings. The van der Waals surface area contributed by atoms with E-state index >= 15 is 0 Å². The van der Waals surface area contributed by atoms with Gasteiger partial charge in [-0.2, -0.15) is 0 Å². The highest BCUT2D eigenvalue weighted by molar-refractivity contribution is 5.82. The lowest BCUT2D eigenvalue weighted by molar-refractivity contribution is -0.168. The van der Waals surface area contributed by atoms with Crippen LogP contribution in [0.3, 0.4) is 0 Å². The molecule has 0 aromatic rings. The third-order valence-electron chi connectivity index (χ3n) is 13.4. The van der Waals surface area contributed by atoms with Gasteiger partial charge in [-0.25, -0.2) is 0 Å². The predicted molar refractivity (Wildman–Crippen MR) is 206 cm³/mol. The minimum Gasteiger partial charge on any atom is -0.465 e. The molecule has 4 heteroatoms. The summed E-state index contributed by atoms with van der Waals surface area (Å²) in [4.78, 5) is 27.7. The molecule has 286 valence electrons. The average molecular weight is 687 g/mol. The molecule has 4 nitrogen and oxygen atoms in total. The molecular weight excluding hydrogens is 604 g/mol. The van der Waals surface area contributed by atoms with Gasteiger partial charge in [0.1, 0.15) is 0 Å². The Morgan fingerprint density at radius 3 is 1.39 bits per heavy atom. The van der Waals surface area contributed by atoms with Crippen LogP contribution in [-0.4, -0.2) is 25.2 Å². The molecular formula is C45H82O4. The minimum atomic E-state index is -0.384. The molecule has 0 aromatic heterocycles. The van der Waals surface area contributed by atoms with E-state index in [1.807, 2.05) is 0 Å². The van der Waals surface area contributed by atoms with Gasteiger partial charge in [-0.05, 0) is 127 Å². The van der Waals surface area contributed by atoms with Crippen molar-refractivity contribution >= 4 is 11.9 Å². The maximum absolute atomic E-state index is 13.9. The van der Waals surface area contributed by atoms with Crippen molar-refractivity contribution in [1.29, 1.82) is 0 Å². The summed E-state index contributed by atoms with van der Waals surface area (Å²) in [5, 5.41) is 0. The lowest BCUT2D eigenvalue weighted by Gasteiger charge is -2.42. The van der Waals surface area contributed by atoms with E-state index in [9.17, 15) is 9.59 Å². The van der Waals surface area contributed by atoms with E-state index in [1.54, 1.807) is 0 Å². The van der Waals surface area contributed by atoms with E-state index < -0.39 is 0 Å². The number of hydrogen-bond acceptors (Lipinski definition) is 4. The van der Waals surface area contributed by atoms with Crippen LogP contribution in [0.2, 0.25) is 0 Å². The van der Waals surface area contributed by atoms with Crippen LogP contribution >= 0.6 is 0 Å². The molecule has 0 bridgehead atoms. The Kier molecular flexibility index (Phi) is 15.2. The summed E-state index contributed by atoms with van der Waals surface area (Å²) in [5.41, 5.74) is 1.32. The fraction of sp³-hybridized carbons (Fsp3) is 0.956. The Morgan fingerprint density at radius 1 is 0.551 bits per heavy atom. The minimum absolute atomic E-state index is 0.144. The van der Waals surface area contributed by atoms with Gasteiger partial charge in [0.25, 0.3) is 0 Å². The zero-order chi connectivity index (χ0) is 36.8. The first-order valence-electron chi connectivity index (χ1n) is 20.9. The summed E-state index contributed by atoms with van der Waals surface area (Å²) in [5.74, 6) is 2.58. The number of carbonyl (C=O) groups is 2. The first kappa shape index (κ1) is 42.4. The topological polar surface area (TPSA) is 52.6 Å². The first-order valence-corrected chi connectivity index (χ1v) is 20.9. The molecule has 0 amide bonds. The highest BCUT2D eigenvalue weighted by atomic mass is 16.5. The number of ether oxygens (including phenoxy) is 2. The average Bonchev–Trinajstić information content (AvgIpc) is 2.97. The summed E-state index contributed by atoms with van der Waals surface area (Å²) in [6, 6.07) is 0. The van der Waals surface area contributed by atoms with Gasteiger partial charge in [-0.1, -0.05) is 122 Å². The van der Waals surface area contributed by atoms with Crippen LogP contribution in [0.25, 0.3) is 0 Å². The van der Waals surface area contributed by atoms with Crippen LogP contribution in [0, 0.1) is 74.9 Å². The van der Waals surface area contributed by atoms with E-state index in [2.05, 4.69) is 90.0 Å². The predicted octanol–water partition coefficient (Wildman–Crippen LogP) is 12.7. The summed E-state index contributed by atoms with van der Waals surface area (Å²) in [6.45, 7) is 31.5. The zero-order valence-corrected chi connectivity index (χ0v) is 34.8. The van der Waals surface area contributed by atoms with Crippen molar-refractivity contribution in [1.82, 2.24) is 0 Å². The third kappa shape index (κ3) is 13.8. The maximum Gasteiger partial charge on any atom is 0.310 e. The smallest absolute Gasteiger partial charge is 0.310 e. The quantitative estimate of drug-likeness (QED) is 0.192. The highest BCUT2D eigenvalue weighted by Gasteiger charge is 2.44. The van der Waals surface area contributed by atoms with E-state index in [-0.39, 0.29) is 29.7 Å². The van der Waals surface area contributed by atoms with Crippen molar-refractivity contribution in [2.45, 2.75) is 186 Å². The summed E-state index contributed by atoms with van der Waals surface area (Å²) >= 11 is 0. The van der Waals surface area contributed by atoms with Crippen LogP contribution < -0.4 is 0 Å². The molecule has 3 aliphatic rings.